The maximum atomic E-state index is 14.1. The first-order valence-corrected chi connectivity index (χ1v) is 8.23. The van der Waals surface area contributed by atoms with E-state index >= 15 is 0 Å². The van der Waals surface area contributed by atoms with Crippen LogP contribution in [0.1, 0.15) is 12.5 Å². The first kappa shape index (κ1) is 17.8. The molecule has 0 radical (unpaired) electrons. The van der Waals surface area contributed by atoms with Crippen LogP contribution in [-0.2, 0) is 6.61 Å². The average Bonchev–Trinajstić information content (AvgIpc) is 2.55. The van der Waals surface area contributed by atoms with Crippen LogP contribution in [0.25, 0.3) is 0 Å². The fourth-order valence-electron chi connectivity index (χ4n) is 2.67. The van der Waals surface area contributed by atoms with E-state index in [4.69, 9.17) is 16.3 Å². The number of nitrogens with zero attached hydrogens (tertiary/aromatic N) is 2. The summed E-state index contributed by atoms with van der Waals surface area (Å²) in [5, 5.41) is 3.49. The zero-order valence-electron chi connectivity index (χ0n) is 13.5. The highest BCUT2D eigenvalue weighted by atomic mass is 35.5. The van der Waals surface area contributed by atoms with Crippen LogP contribution >= 0.6 is 11.6 Å². The third-order valence-electron chi connectivity index (χ3n) is 3.93. The fraction of sp³-hybridized carbons (Fsp3) is 0.353. The van der Waals surface area contributed by atoms with Gasteiger partial charge in [0.2, 0.25) is 0 Å². The van der Waals surface area contributed by atoms with Gasteiger partial charge < -0.3 is 15.0 Å². The summed E-state index contributed by atoms with van der Waals surface area (Å²) in [7, 11) is 0. The van der Waals surface area contributed by atoms with E-state index in [-0.39, 0.29) is 34.9 Å². The Labute approximate surface area is 148 Å². The van der Waals surface area contributed by atoms with Crippen molar-refractivity contribution in [2.24, 2.45) is 0 Å². The number of piperazine rings is 1. The largest absolute Gasteiger partial charge is 0.471 e. The molecule has 1 aliphatic rings. The van der Waals surface area contributed by atoms with Crippen molar-refractivity contribution in [3.63, 3.8) is 0 Å². The Bertz CT molecular complexity index is 775. The molecule has 25 heavy (non-hydrogen) atoms. The average molecular weight is 372 g/mol. The first-order valence-electron chi connectivity index (χ1n) is 7.85. The summed E-state index contributed by atoms with van der Waals surface area (Å²) in [5.74, 6) is -2.58. The van der Waals surface area contributed by atoms with Crippen LogP contribution in [0, 0.1) is 17.5 Å². The molecule has 3 rings (SSSR count). The lowest BCUT2D eigenvalue weighted by molar-refractivity contribution is 0.270. The molecule has 134 valence electrons. The molecule has 1 aliphatic heterocycles. The molecule has 1 atom stereocenters. The Morgan fingerprint density at radius 3 is 2.76 bits per heavy atom. The molecule has 1 saturated heterocycles. The van der Waals surface area contributed by atoms with Gasteiger partial charge in [-0.3, -0.25) is 0 Å². The molecule has 2 aromatic rings. The van der Waals surface area contributed by atoms with E-state index in [1.165, 1.54) is 12.1 Å². The molecule has 0 aliphatic carbocycles. The first-order chi connectivity index (χ1) is 11.9. The number of hydrogen-bond acceptors (Lipinski definition) is 4. The second kappa shape index (κ2) is 7.49. The number of pyridine rings is 1. The number of aromatic nitrogens is 1. The van der Waals surface area contributed by atoms with E-state index in [0.717, 1.165) is 12.1 Å². The van der Waals surface area contributed by atoms with Crippen molar-refractivity contribution in [2.45, 2.75) is 19.6 Å². The van der Waals surface area contributed by atoms with E-state index in [9.17, 15) is 13.2 Å². The highest BCUT2D eigenvalue weighted by Crippen LogP contribution is 2.26. The summed E-state index contributed by atoms with van der Waals surface area (Å²) in [4.78, 5) is 5.70. The van der Waals surface area contributed by atoms with Gasteiger partial charge in [0.1, 0.15) is 12.4 Å². The molecule has 1 unspecified atom stereocenters. The van der Waals surface area contributed by atoms with E-state index in [0.29, 0.717) is 19.6 Å². The number of hydrogen-bond donors (Lipinski definition) is 1. The minimum atomic E-state index is -0.932. The smallest absolute Gasteiger partial charge is 0.252 e. The molecule has 2 heterocycles. The second-order valence-corrected chi connectivity index (χ2v) is 6.34. The normalized spacial score (nSPS) is 17.6. The molecule has 0 spiro atoms. The number of anilines is 1. The summed E-state index contributed by atoms with van der Waals surface area (Å²) < 4.78 is 47.1. The minimum absolute atomic E-state index is 0.0290. The van der Waals surface area contributed by atoms with Crippen LogP contribution in [0.3, 0.4) is 0 Å². The fourth-order valence-corrected chi connectivity index (χ4v) is 2.83. The summed E-state index contributed by atoms with van der Waals surface area (Å²) >= 11 is 5.69. The van der Waals surface area contributed by atoms with Crippen LogP contribution in [-0.4, -0.2) is 30.7 Å². The number of rotatable bonds is 4. The van der Waals surface area contributed by atoms with Crippen molar-refractivity contribution in [1.82, 2.24) is 10.3 Å². The summed E-state index contributed by atoms with van der Waals surface area (Å²) in [6.45, 7) is 3.49. The standard InChI is InChI=1S/C17H17ClF3N3O/c1-10-8-24(5-4-22-10)16-14(20)7-15(21)17(23-16)25-9-11-2-3-12(18)6-13(11)19/h2-3,6-7,10,22H,4-5,8-9H2,1H3. The van der Waals surface area contributed by atoms with E-state index in [2.05, 4.69) is 10.3 Å². The molecule has 8 heteroatoms. The Kier molecular flexibility index (Phi) is 5.34. The van der Waals surface area contributed by atoms with Gasteiger partial charge in [-0.2, -0.15) is 4.98 Å². The number of nitrogens with one attached hydrogen (secondary N) is 1. The van der Waals surface area contributed by atoms with Crippen molar-refractivity contribution >= 4 is 17.4 Å². The number of ether oxygens (including phenoxy) is 1. The zero-order valence-corrected chi connectivity index (χ0v) is 14.3. The van der Waals surface area contributed by atoms with Crippen LogP contribution in [0.5, 0.6) is 5.88 Å². The van der Waals surface area contributed by atoms with Crippen molar-refractivity contribution < 1.29 is 17.9 Å². The third-order valence-corrected chi connectivity index (χ3v) is 4.16. The van der Waals surface area contributed by atoms with Gasteiger partial charge in [0, 0.05) is 42.3 Å². The maximum absolute atomic E-state index is 14.1. The molecular weight excluding hydrogens is 355 g/mol. The van der Waals surface area contributed by atoms with Crippen molar-refractivity contribution in [3.05, 3.63) is 52.3 Å². The van der Waals surface area contributed by atoms with Gasteiger partial charge in [-0.15, -0.1) is 0 Å². The van der Waals surface area contributed by atoms with E-state index in [1.54, 1.807) is 4.90 Å². The van der Waals surface area contributed by atoms with Crippen LogP contribution in [0.4, 0.5) is 19.0 Å². The predicted octanol–water partition coefficient (Wildman–Crippen LogP) is 3.53. The van der Waals surface area contributed by atoms with Crippen LogP contribution < -0.4 is 15.0 Å². The topological polar surface area (TPSA) is 37.4 Å². The Hall–Kier alpha value is -1.99. The quantitative estimate of drug-likeness (QED) is 0.892. The lowest BCUT2D eigenvalue weighted by Crippen LogP contribution is -2.49. The van der Waals surface area contributed by atoms with Crippen molar-refractivity contribution in [2.75, 3.05) is 24.5 Å². The molecule has 0 bridgehead atoms. The summed E-state index contributed by atoms with van der Waals surface area (Å²) in [6, 6.07) is 4.99. The van der Waals surface area contributed by atoms with E-state index in [1.807, 2.05) is 6.92 Å². The van der Waals surface area contributed by atoms with Gasteiger partial charge >= 0.3 is 0 Å². The van der Waals surface area contributed by atoms with Gasteiger partial charge in [0.25, 0.3) is 5.88 Å². The highest BCUT2D eigenvalue weighted by Gasteiger charge is 2.22. The highest BCUT2D eigenvalue weighted by molar-refractivity contribution is 6.30. The second-order valence-electron chi connectivity index (χ2n) is 5.91. The number of benzene rings is 1. The number of halogens is 4. The van der Waals surface area contributed by atoms with Gasteiger partial charge in [-0.25, -0.2) is 13.2 Å². The van der Waals surface area contributed by atoms with Gasteiger partial charge in [-0.1, -0.05) is 17.7 Å². The molecular formula is C17H17ClF3N3O. The van der Waals surface area contributed by atoms with Crippen LogP contribution in [0.15, 0.2) is 24.3 Å². The SMILES string of the molecule is CC1CN(c2nc(OCc3ccc(Cl)cc3F)c(F)cc2F)CCN1. The molecule has 1 fully saturated rings. The molecule has 0 saturated carbocycles. The molecule has 1 N–H and O–H groups in total. The maximum Gasteiger partial charge on any atom is 0.252 e. The summed E-state index contributed by atoms with van der Waals surface area (Å²) in [5.41, 5.74) is 0.201. The van der Waals surface area contributed by atoms with E-state index < -0.39 is 17.5 Å². The third kappa shape index (κ3) is 4.16. The van der Waals surface area contributed by atoms with Gasteiger partial charge in [0.05, 0.1) is 0 Å². The van der Waals surface area contributed by atoms with Crippen molar-refractivity contribution in [1.29, 1.82) is 0 Å². The Balaban J connectivity index is 1.80. The van der Waals surface area contributed by atoms with Crippen LogP contribution in [0.2, 0.25) is 5.02 Å². The van der Waals surface area contributed by atoms with Gasteiger partial charge in [0.15, 0.2) is 17.5 Å². The minimum Gasteiger partial charge on any atom is -0.471 e. The molecule has 1 aromatic heterocycles. The van der Waals surface area contributed by atoms with Crippen molar-refractivity contribution in [3.8, 4) is 5.88 Å². The molecule has 0 amide bonds. The Morgan fingerprint density at radius 2 is 2.04 bits per heavy atom. The molecule has 1 aromatic carbocycles. The molecule has 4 nitrogen and oxygen atoms in total. The monoisotopic (exact) mass is 371 g/mol. The summed E-state index contributed by atoms with van der Waals surface area (Å²) in [6.07, 6.45) is 0. The predicted molar refractivity (Wildman–Crippen MR) is 89.6 cm³/mol. The Morgan fingerprint density at radius 1 is 1.24 bits per heavy atom. The lowest BCUT2D eigenvalue weighted by atomic mass is 10.2. The lowest BCUT2D eigenvalue weighted by Gasteiger charge is -2.33. The van der Waals surface area contributed by atoms with Gasteiger partial charge in [-0.05, 0) is 19.1 Å². The zero-order chi connectivity index (χ0) is 18.0.